The highest BCUT2D eigenvalue weighted by atomic mass is 16.5. The molecule has 1 radical (unpaired) electrons. The number of hydrogen-bond acceptors (Lipinski definition) is 5. The monoisotopic (exact) mass is 430 g/mol. The van der Waals surface area contributed by atoms with Gasteiger partial charge < -0.3 is 10.1 Å². The van der Waals surface area contributed by atoms with E-state index in [2.05, 4.69) is 10.2 Å². The van der Waals surface area contributed by atoms with Crippen LogP contribution in [-0.4, -0.2) is 65.2 Å². The van der Waals surface area contributed by atoms with Gasteiger partial charge in [-0.05, 0) is 59.4 Å². The Hall–Kier alpha value is -1.96. The summed E-state index contributed by atoms with van der Waals surface area (Å²) in [4.78, 5) is 27.7. The highest BCUT2D eigenvalue weighted by molar-refractivity contribution is 5.83. The molecule has 2 saturated heterocycles. The zero-order valence-electron chi connectivity index (χ0n) is 19.4. The molecule has 0 aromatic heterocycles. The van der Waals surface area contributed by atoms with E-state index < -0.39 is 16.5 Å². The Morgan fingerprint density at radius 2 is 1.71 bits per heavy atom. The van der Waals surface area contributed by atoms with E-state index in [0.717, 1.165) is 10.6 Å². The summed E-state index contributed by atoms with van der Waals surface area (Å²) in [6, 6.07) is 9.60. The van der Waals surface area contributed by atoms with Gasteiger partial charge in [0.2, 0.25) is 5.91 Å². The van der Waals surface area contributed by atoms with Crippen molar-refractivity contribution in [3.8, 4) is 0 Å². The minimum atomic E-state index is -0.662. The van der Waals surface area contributed by atoms with Gasteiger partial charge in [-0.25, -0.2) is 0 Å². The van der Waals surface area contributed by atoms with Crippen molar-refractivity contribution < 1.29 is 19.5 Å². The van der Waals surface area contributed by atoms with Crippen LogP contribution in [0.15, 0.2) is 30.3 Å². The van der Waals surface area contributed by atoms with Gasteiger partial charge in [0.1, 0.15) is 0 Å². The lowest BCUT2D eigenvalue weighted by atomic mass is 9.72. The largest absolute Gasteiger partial charge is 0.465 e. The first kappa shape index (κ1) is 23.7. The van der Waals surface area contributed by atoms with Crippen molar-refractivity contribution in [2.24, 2.45) is 0 Å². The zero-order chi connectivity index (χ0) is 22.9. The normalized spacial score (nSPS) is 25.2. The number of likely N-dealkylation sites (tertiary alicyclic amines) is 1. The lowest BCUT2D eigenvalue weighted by molar-refractivity contribution is -0.246. The van der Waals surface area contributed by atoms with Crippen LogP contribution in [0.2, 0.25) is 0 Å². The van der Waals surface area contributed by atoms with Crippen molar-refractivity contribution in [1.82, 2.24) is 15.3 Å². The van der Waals surface area contributed by atoms with Crippen molar-refractivity contribution >= 4 is 11.9 Å². The summed E-state index contributed by atoms with van der Waals surface area (Å²) in [7, 11) is 0. The minimum Gasteiger partial charge on any atom is -0.465 e. The molecular weight excluding hydrogens is 394 g/mol. The van der Waals surface area contributed by atoms with Gasteiger partial charge in [-0.3, -0.25) is 14.5 Å². The van der Waals surface area contributed by atoms with Gasteiger partial charge in [0.25, 0.3) is 0 Å². The van der Waals surface area contributed by atoms with Crippen molar-refractivity contribution in [1.29, 1.82) is 0 Å². The first-order chi connectivity index (χ1) is 14.5. The highest BCUT2D eigenvalue weighted by Crippen LogP contribution is 2.40. The SMILES string of the molecule is CCOC(=O)C1(c2ccccc2)CCN(CC(=O)NC2CC(C)(C)N([O])C2(C)C)CC1. The molecule has 0 spiro atoms. The molecule has 1 atom stereocenters. The minimum absolute atomic E-state index is 0.0764. The van der Waals surface area contributed by atoms with Crippen LogP contribution in [-0.2, 0) is 24.9 Å². The standard InChI is InChI=1S/C24H36N3O4/c1-6-31-21(29)24(18-10-8-7-9-11-18)12-14-26(15-13-24)17-20(28)25-19-16-22(2,3)27(30)23(19,4)5/h7-11,19H,6,12-17H2,1-5H3,(H,25,28). The molecule has 0 aliphatic carbocycles. The van der Waals surface area contributed by atoms with E-state index in [1.807, 2.05) is 65.0 Å². The highest BCUT2D eigenvalue weighted by Gasteiger charge is 2.53. The second kappa shape index (κ2) is 8.88. The van der Waals surface area contributed by atoms with Gasteiger partial charge in [-0.1, -0.05) is 30.3 Å². The molecule has 2 heterocycles. The third kappa shape index (κ3) is 4.64. The predicted octanol–water partition coefficient (Wildman–Crippen LogP) is 2.68. The van der Waals surface area contributed by atoms with Gasteiger partial charge in [-0.2, -0.15) is 0 Å². The molecule has 31 heavy (non-hydrogen) atoms. The molecule has 1 amide bonds. The molecule has 1 aromatic carbocycles. The van der Waals surface area contributed by atoms with Gasteiger partial charge in [0.05, 0.1) is 30.1 Å². The second-order valence-electron chi connectivity index (χ2n) is 10.0. The average molecular weight is 431 g/mol. The average Bonchev–Trinajstić information content (AvgIpc) is 2.88. The number of hydroxylamine groups is 2. The van der Waals surface area contributed by atoms with Gasteiger partial charge in [-0.15, -0.1) is 10.3 Å². The Kier molecular flexibility index (Phi) is 6.79. The smallest absolute Gasteiger partial charge is 0.316 e. The van der Waals surface area contributed by atoms with E-state index in [0.29, 0.717) is 39.0 Å². The molecule has 7 heteroatoms. The lowest BCUT2D eigenvalue weighted by Crippen LogP contribution is -2.55. The number of hydrogen-bond donors (Lipinski definition) is 1. The number of piperidine rings is 1. The van der Waals surface area contributed by atoms with Crippen LogP contribution in [0.5, 0.6) is 0 Å². The van der Waals surface area contributed by atoms with Crippen molar-refractivity contribution in [2.45, 2.75) is 76.4 Å². The summed E-state index contributed by atoms with van der Waals surface area (Å²) in [5, 5.41) is 16.8. The summed E-state index contributed by atoms with van der Waals surface area (Å²) in [6.45, 7) is 11.3. The Balaban J connectivity index is 1.62. The van der Waals surface area contributed by atoms with Gasteiger partial charge in [0, 0.05) is 18.6 Å². The molecule has 171 valence electrons. The van der Waals surface area contributed by atoms with Crippen molar-refractivity contribution in [3.63, 3.8) is 0 Å². The molecule has 1 N–H and O–H groups in total. The quantitative estimate of drug-likeness (QED) is 0.702. The summed E-state index contributed by atoms with van der Waals surface area (Å²) >= 11 is 0. The van der Waals surface area contributed by atoms with Gasteiger partial charge in [0.15, 0.2) is 0 Å². The van der Waals surface area contributed by atoms with Crippen LogP contribution in [0, 0.1) is 0 Å². The third-order valence-electron chi connectivity index (χ3n) is 7.03. The molecular formula is C24H36N3O4. The van der Waals surface area contributed by atoms with Crippen LogP contribution in [0.3, 0.4) is 0 Å². The molecule has 0 saturated carbocycles. The Labute approximate surface area is 185 Å². The maximum Gasteiger partial charge on any atom is 0.316 e. The molecule has 1 aromatic rings. The maximum atomic E-state index is 12.9. The molecule has 3 rings (SSSR count). The fraction of sp³-hybridized carbons (Fsp3) is 0.667. The zero-order valence-corrected chi connectivity index (χ0v) is 19.4. The number of ether oxygens (including phenoxy) is 1. The number of carbonyl (C=O) groups is 2. The molecule has 1 unspecified atom stereocenters. The number of esters is 1. The van der Waals surface area contributed by atoms with E-state index in [9.17, 15) is 14.8 Å². The van der Waals surface area contributed by atoms with Crippen LogP contribution < -0.4 is 5.32 Å². The van der Waals surface area contributed by atoms with Crippen LogP contribution in [0.1, 0.15) is 59.4 Å². The fourth-order valence-electron chi connectivity index (χ4n) is 5.15. The molecule has 2 aliphatic rings. The van der Waals surface area contributed by atoms with Crippen molar-refractivity contribution in [2.75, 3.05) is 26.2 Å². The van der Waals surface area contributed by atoms with E-state index in [-0.39, 0.29) is 24.5 Å². The van der Waals surface area contributed by atoms with Crippen LogP contribution in [0.25, 0.3) is 0 Å². The number of amides is 1. The molecule has 7 nitrogen and oxygen atoms in total. The first-order valence-corrected chi connectivity index (χ1v) is 11.2. The van der Waals surface area contributed by atoms with Gasteiger partial charge >= 0.3 is 5.97 Å². The molecule has 2 fully saturated rings. The summed E-state index contributed by atoms with van der Waals surface area (Å²) in [6.07, 6.45) is 1.84. The van der Waals surface area contributed by atoms with E-state index >= 15 is 0 Å². The number of rotatable bonds is 6. The summed E-state index contributed by atoms with van der Waals surface area (Å²) < 4.78 is 5.43. The maximum absolute atomic E-state index is 12.9. The number of benzene rings is 1. The number of carbonyl (C=O) groups excluding carboxylic acids is 2. The molecule has 2 aliphatic heterocycles. The van der Waals surface area contributed by atoms with E-state index in [4.69, 9.17) is 4.74 Å². The third-order valence-corrected chi connectivity index (χ3v) is 7.03. The lowest BCUT2D eigenvalue weighted by Gasteiger charge is -2.40. The first-order valence-electron chi connectivity index (χ1n) is 11.2. The number of nitrogens with one attached hydrogen (secondary N) is 1. The Morgan fingerprint density at radius 1 is 1.10 bits per heavy atom. The van der Waals surface area contributed by atoms with E-state index in [1.165, 1.54) is 0 Å². The van der Waals surface area contributed by atoms with E-state index in [1.54, 1.807) is 0 Å². The predicted molar refractivity (Wildman–Crippen MR) is 118 cm³/mol. The molecule has 0 bridgehead atoms. The topological polar surface area (TPSA) is 81.8 Å². The number of nitrogens with zero attached hydrogens (tertiary/aromatic N) is 2. The second-order valence-corrected chi connectivity index (χ2v) is 10.0. The Bertz CT molecular complexity index is 785. The summed E-state index contributed by atoms with van der Waals surface area (Å²) in [5.41, 5.74) is -0.831. The summed E-state index contributed by atoms with van der Waals surface area (Å²) in [5.74, 6) is -0.261. The van der Waals surface area contributed by atoms with Crippen molar-refractivity contribution in [3.05, 3.63) is 35.9 Å². The Morgan fingerprint density at radius 3 is 2.23 bits per heavy atom. The van der Waals surface area contributed by atoms with Crippen LogP contribution >= 0.6 is 0 Å². The van der Waals surface area contributed by atoms with Crippen LogP contribution in [0.4, 0.5) is 0 Å². The fourth-order valence-corrected chi connectivity index (χ4v) is 5.15.